The molecule has 8 heteroatoms. The molecule has 0 bridgehead atoms. The SMILES string of the molecule is O=C(CCCl)NC1CCC(Oc2ccc(C(F)(F)F)cn2)CC1. The minimum Gasteiger partial charge on any atom is -0.474 e. The van der Waals surface area contributed by atoms with E-state index < -0.39 is 11.7 Å². The average Bonchev–Trinajstić information content (AvgIpc) is 2.49. The van der Waals surface area contributed by atoms with Crippen LogP contribution in [0.1, 0.15) is 37.7 Å². The molecule has 1 aromatic heterocycles. The summed E-state index contributed by atoms with van der Waals surface area (Å²) in [5.74, 6) is 0.422. The van der Waals surface area contributed by atoms with Crippen molar-refractivity contribution >= 4 is 17.5 Å². The average molecular weight is 351 g/mol. The van der Waals surface area contributed by atoms with Crippen molar-refractivity contribution < 1.29 is 22.7 Å². The third-order valence-electron chi connectivity index (χ3n) is 3.71. The van der Waals surface area contributed by atoms with Gasteiger partial charge in [-0.25, -0.2) is 4.98 Å². The summed E-state index contributed by atoms with van der Waals surface area (Å²) < 4.78 is 43.0. The smallest absolute Gasteiger partial charge is 0.417 e. The predicted octanol–water partition coefficient (Wildman–Crippen LogP) is 3.54. The molecule has 1 aliphatic carbocycles. The van der Waals surface area contributed by atoms with Crippen LogP contribution in [-0.4, -0.2) is 28.9 Å². The number of nitrogens with zero attached hydrogens (tertiary/aromatic N) is 1. The third kappa shape index (κ3) is 5.57. The molecule has 2 rings (SSSR count). The molecule has 0 spiro atoms. The van der Waals surface area contributed by atoms with Crippen LogP contribution in [0.2, 0.25) is 0 Å². The fourth-order valence-corrected chi connectivity index (χ4v) is 2.67. The van der Waals surface area contributed by atoms with Crippen LogP contribution >= 0.6 is 11.6 Å². The number of pyridine rings is 1. The Morgan fingerprint density at radius 3 is 2.52 bits per heavy atom. The lowest BCUT2D eigenvalue weighted by Crippen LogP contribution is -2.39. The van der Waals surface area contributed by atoms with Gasteiger partial charge in [-0.15, -0.1) is 11.6 Å². The molecule has 1 heterocycles. The molecule has 0 saturated heterocycles. The molecular weight excluding hydrogens is 333 g/mol. The minimum atomic E-state index is -4.40. The molecule has 0 atom stereocenters. The molecule has 0 aromatic carbocycles. The predicted molar refractivity (Wildman–Crippen MR) is 79.4 cm³/mol. The third-order valence-corrected chi connectivity index (χ3v) is 3.90. The number of carbonyl (C=O) groups excluding carboxylic acids is 1. The van der Waals surface area contributed by atoms with E-state index in [1.165, 1.54) is 6.07 Å². The minimum absolute atomic E-state index is 0.0613. The van der Waals surface area contributed by atoms with Crippen LogP contribution in [0.15, 0.2) is 18.3 Å². The van der Waals surface area contributed by atoms with E-state index in [9.17, 15) is 18.0 Å². The van der Waals surface area contributed by atoms with Gasteiger partial charge in [0, 0.05) is 30.6 Å². The van der Waals surface area contributed by atoms with Crippen LogP contribution in [-0.2, 0) is 11.0 Å². The molecule has 1 aliphatic rings. The quantitative estimate of drug-likeness (QED) is 0.826. The van der Waals surface area contributed by atoms with Crippen molar-refractivity contribution in [3.05, 3.63) is 23.9 Å². The number of carbonyl (C=O) groups is 1. The van der Waals surface area contributed by atoms with Crippen molar-refractivity contribution in [1.82, 2.24) is 10.3 Å². The molecule has 4 nitrogen and oxygen atoms in total. The van der Waals surface area contributed by atoms with E-state index in [1.807, 2.05) is 0 Å². The van der Waals surface area contributed by atoms with Gasteiger partial charge in [0.2, 0.25) is 11.8 Å². The van der Waals surface area contributed by atoms with Crippen molar-refractivity contribution in [2.45, 2.75) is 50.4 Å². The van der Waals surface area contributed by atoms with Crippen molar-refractivity contribution in [3.63, 3.8) is 0 Å². The second-order valence-corrected chi connectivity index (χ2v) is 5.86. The molecule has 0 radical (unpaired) electrons. The Labute approximate surface area is 137 Å². The number of halogens is 4. The van der Waals surface area contributed by atoms with Gasteiger partial charge >= 0.3 is 6.18 Å². The lowest BCUT2D eigenvalue weighted by Gasteiger charge is -2.29. The number of rotatable bonds is 5. The Morgan fingerprint density at radius 2 is 2.00 bits per heavy atom. The monoisotopic (exact) mass is 350 g/mol. The van der Waals surface area contributed by atoms with Gasteiger partial charge in [-0.3, -0.25) is 4.79 Å². The highest BCUT2D eigenvalue weighted by Crippen LogP contribution is 2.30. The first kappa shape index (κ1) is 17.8. The highest BCUT2D eigenvalue weighted by Gasteiger charge is 2.31. The zero-order chi connectivity index (χ0) is 16.9. The lowest BCUT2D eigenvalue weighted by atomic mass is 9.93. The second kappa shape index (κ2) is 7.86. The Hall–Kier alpha value is -1.50. The van der Waals surface area contributed by atoms with Crippen LogP contribution in [0.4, 0.5) is 13.2 Å². The Morgan fingerprint density at radius 1 is 1.30 bits per heavy atom. The molecule has 1 aromatic rings. The number of hydrogen-bond acceptors (Lipinski definition) is 3. The fraction of sp³-hybridized carbons (Fsp3) is 0.600. The number of ether oxygens (including phenoxy) is 1. The van der Waals surface area contributed by atoms with Gasteiger partial charge in [0.15, 0.2) is 0 Å². The second-order valence-electron chi connectivity index (χ2n) is 5.48. The molecule has 1 amide bonds. The number of hydrogen-bond donors (Lipinski definition) is 1. The summed E-state index contributed by atoms with van der Waals surface area (Å²) in [6.07, 6.45) is -0.465. The van der Waals surface area contributed by atoms with Crippen molar-refractivity contribution in [1.29, 1.82) is 0 Å². The van der Waals surface area contributed by atoms with Crippen molar-refractivity contribution in [2.24, 2.45) is 0 Å². The van der Waals surface area contributed by atoms with Gasteiger partial charge in [-0.1, -0.05) is 0 Å². The van der Waals surface area contributed by atoms with E-state index in [0.717, 1.165) is 25.1 Å². The number of aromatic nitrogens is 1. The molecular formula is C15H18ClF3N2O2. The largest absolute Gasteiger partial charge is 0.474 e. The summed E-state index contributed by atoms with van der Waals surface area (Å²) in [6, 6.07) is 2.29. The van der Waals surface area contributed by atoms with Gasteiger partial charge in [0.05, 0.1) is 5.56 Å². The first-order valence-electron chi connectivity index (χ1n) is 7.43. The Kier molecular flexibility index (Phi) is 6.10. The highest BCUT2D eigenvalue weighted by atomic mass is 35.5. The van der Waals surface area contributed by atoms with Gasteiger partial charge in [-0.05, 0) is 31.7 Å². The first-order chi connectivity index (χ1) is 10.9. The topological polar surface area (TPSA) is 51.2 Å². The summed E-state index contributed by atoms with van der Waals surface area (Å²) >= 11 is 5.51. The van der Waals surface area contributed by atoms with E-state index in [2.05, 4.69) is 10.3 Å². The van der Waals surface area contributed by atoms with E-state index >= 15 is 0 Å². The number of amides is 1. The van der Waals surface area contributed by atoms with Crippen LogP contribution in [0, 0.1) is 0 Å². The van der Waals surface area contributed by atoms with Gasteiger partial charge < -0.3 is 10.1 Å². The molecule has 1 saturated carbocycles. The van der Waals surface area contributed by atoms with Crippen molar-refractivity contribution in [3.8, 4) is 5.88 Å². The summed E-state index contributed by atoms with van der Waals surface area (Å²) in [4.78, 5) is 15.2. The van der Waals surface area contributed by atoms with E-state index in [1.54, 1.807) is 0 Å². The maximum Gasteiger partial charge on any atom is 0.417 e. The van der Waals surface area contributed by atoms with Gasteiger partial charge in [0.25, 0.3) is 0 Å². The summed E-state index contributed by atoms with van der Waals surface area (Å²) in [6.45, 7) is 0. The van der Waals surface area contributed by atoms with Gasteiger partial charge in [-0.2, -0.15) is 13.2 Å². The lowest BCUT2D eigenvalue weighted by molar-refractivity contribution is -0.137. The maximum absolute atomic E-state index is 12.5. The Bertz CT molecular complexity index is 514. The van der Waals surface area contributed by atoms with Crippen LogP contribution in [0.25, 0.3) is 0 Å². The van der Waals surface area contributed by atoms with E-state index in [-0.39, 0.29) is 23.9 Å². The molecule has 23 heavy (non-hydrogen) atoms. The molecule has 128 valence electrons. The number of nitrogens with one attached hydrogen (secondary N) is 1. The van der Waals surface area contributed by atoms with E-state index in [0.29, 0.717) is 25.1 Å². The van der Waals surface area contributed by atoms with Crippen LogP contribution in [0.3, 0.4) is 0 Å². The standard InChI is InChI=1S/C15H18ClF3N2O2/c16-8-7-13(22)21-11-2-4-12(5-3-11)23-14-6-1-10(9-20-14)15(17,18)19/h1,6,9,11-12H,2-5,7-8H2,(H,21,22). The van der Waals surface area contributed by atoms with Gasteiger partial charge in [0.1, 0.15) is 6.10 Å². The molecule has 1 N–H and O–H groups in total. The Balaban J connectivity index is 1.79. The van der Waals surface area contributed by atoms with Crippen LogP contribution < -0.4 is 10.1 Å². The molecule has 0 aliphatic heterocycles. The highest BCUT2D eigenvalue weighted by molar-refractivity contribution is 6.18. The zero-order valence-electron chi connectivity index (χ0n) is 12.4. The molecule has 0 unspecified atom stereocenters. The summed E-state index contributed by atoms with van der Waals surface area (Å²) in [5, 5.41) is 2.91. The van der Waals surface area contributed by atoms with Crippen molar-refractivity contribution in [2.75, 3.05) is 5.88 Å². The summed E-state index contributed by atoms with van der Waals surface area (Å²) in [5.41, 5.74) is -0.796. The number of alkyl halides is 4. The normalized spacial score (nSPS) is 21.7. The summed E-state index contributed by atoms with van der Waals surface area (Å²) in [7, 11) is 0. The van der Waals surface area contributed by atoms with Crippen LogP contribution in [0.5, 0.6) is 5.88 Å². The maximum atomic E-state index is 12.5. The fourth-order valence-electron chi connectivity index (χ4n) is 2.50. The zero-order valence-corrected chi connectivity index (χ0v) is 13.2. The van der Waals surface area contributed by atoms with E-state index in [4.69, 9.17) is 16.3 Å². The first-order valence-corrected chi connectivity index (χ1v) is 7.97. The molecule has 1 fully saturated rings.